The highest BCUT2D eigenvalue weighted by Gasteiger charge is 2.44. The first kappa shape index (κ1) is 39.0. The van der Waals surface area contributed by atoms with E-state index >= 15 is 4.39 Å². The van der Waals surface area contributed by atoms with E-state index in [-0.39, 0.29) is 29.7 Å². The Labute approximate surface area is 305 Å². The van der Waals surface area contributed by atoms with Gasteiger partial charge in [0.05, 0.1) is 38.1 Å². The number of hydrogen-bond acceptors (Lipinski definition) is 8. The zero-order valence-corrected chi connectivity index (χ0v) is 30.3. The minimum atomic E-state index is -1.41. The Hall–Kier alpha value is -4.20. The number of hydrogen-bond donors (Lipinski definition) is 1. The number of carbonyl (C=O) groups is 3. The van der Waals surface area contributed by atoms with Gasteiger partial charge in [0.2, 0.25) is 0 Å². The highest BCUT2D eigenvalue weighted by atomic mass is 35.5. The van der Waals surface area contributed by atoms with Crippen LogP contribution in [-0.2, 0) is 36.6 Å². The number of halogens is 4. The summed E-state index contributed by atoms with van der Waals surface area (Å²) in [7, 11) is 1.12. The first-order chi connectivity index (χ1) is 24.6. The molecule has 0 radical (unpaired) electrons. The van der Waals surface area contributed by atoms with E-state index in [1.807, 2.05) is 0 Å². The SMILES string of the molecule is COC(=O)N[C@H](C(=O)Cc1cncc(F)c1CC[C@@H]1CN(C(=O)OC(C)(C)C)CC2(CCOCC2)O1)[C@@H](c1ccc(Cl)cc1)c1cc(F)cc(F)c1. The summed E-state index contributed by atoms with van der Waals surface area (Å²) >= 11 is 6.12. The van der Waals surface area contributed by atoms with Crippen LogP contribution in [0.1, 0.15) is 68.2 Å². The largest absolute Gasteiger partial charge is 0.453 e. The van der Waals surface area contributed by atoms with Crippen LogP contribution in [0.5, 0.6) is 0 Å². The van der Waals surface area contributed by atoms with Crippen molar-refractivity contribution in [3.8, 4) is 0 Å². The van der Waals surface area contributed by atoms with E-state index in [2.05, 4.69) is 10.3 Å². The quantitative estimate of drug-likeness (QED) is 0.238. The number of rotatable bonds is 10. The lowest BCUT2D eigenvalue weighted by Gasteiger charge is -2.48. The first-order valence-corrected chi connectivity index (χ1v) is 17.5. The molecule has 14 heteroatoms. The zero-order valence-electron chi connectivity index (χ0n) is 29.6. The molecule has 5 rings (SSSR count). The van der Waals surface area contributed by atoms with Gasteiger partial charge in [0, 0.05) is 55.7 Å². The Morgan fingerprint density at radius 1 is 1.04 bits per heavy atom. The van der Waals surface area contributed by atoms with Gasteiger partial charge in [-0.1, -0.05) is 23.7 Å². The monoisotopic (exact) mass is 745 g/mol. The number of aromatic nitrogens is 1. The maximum Gasteiger partial charge on any atom is 0.410 e. The van der Waals surface area contributed by atoms with Gasteiger partial charge in [-0.2, -0.15) is 0 Å². The highest BCUT2D eigenvalue weighted by molar-refractivity contribution is 6.30. The lowest BCUT2D eigenvalue weighted by Crippen LogP contribution is -2.59. The normalized spacial score (nSPS) is 18.4. The molecule has 0 bridgehead atoms. The van der Waals surface area contributed by atoms with Gasteiger partial charge in [-0.25, -0.2) is 22.8 Å². The van der Waals surface area contributed by atoms with Gasteiger partial charge < -0.3 is 29.2 Å². The lowest BCUT2D eigenvalue weighted by molar-refractivity contribution is -0.186. The third-order valence-electron chi connectivity index (χ3n) is 9.16. The number of ether oxygens (including phenoxy) is 4. The Balaban J connectivity index is 1.43. The van der Waals surface area contributed by atoms with Crippen molar-refractivity contribution in [1.82, 2.24) is 15.2 Å². The Morgan fingerprint density at radius 2 is 1.71 bits per heavy atom. The molecule has 3 aromatic rings. The number of ketones is 1. The van der Waals surface area contributed by atoms with Crippen molar-refractivity contribution < 1.29 is 46.5 Å². The number of nitrogens with zero attached hydrogens (tertiary/aromatic N) is 2. The smallest absolute Gasteiger partial charge is 0.410 e. The molecule has 2 saturated heterocycles. The Bertz CT molecular complexity index is 1730. The van der Waals surface area contributed by atoms with Crippen molar-refractivity contribution in [3.63, 3.8) is 0 Å². The summed E-state index contributed by atoms with van der Waals surface area (Å²) in [5.74, 6) is -4.11. The molecule has 3 heterocycles. The summed E-state index contributed by atoms with van der Waals surface area (Å²) in [5, 5.41) is 2.92. The number of benzene rings is 2. The molecule has 2 fully saturated rings. The molecule has 0 unspecified atom stereocenters. The van der Waals surface area contributed by atoms with Gasteiger partial charge in [-0.15, -0.1) is 0 Å². The molecule has 280 valence electrons. The standard InChI is InChI=1S/C38H43ClF3N3O7/c1-37(2,3)52-36(48)45-21-29(51-38(22-45)11-13-50-14-12-38)9-10-30-25(19-43-20-31(30)42)17-32(46)34(44-35(47)49-4)33(23-5-7-26(39)8-6-23)24-15-27(40)18-28(41)16-24/h5-8,15-16,18-20,29,33-34H,9-14,17,21-22H2,1-4H3,(H,44,47)/t29-,33+,34-/m1/s1. The number of amides is 2. The first-order valence-electron chi connectivity index (χ1n) is 17.1. The van der Waals surface area contributed by atoms with E-state index in [4.69, 9.17) is 30.5 Å². The second-order valence-corrected chi connectivity index (χ2v) is 14.6. The second kappa shape index (κ2) is 16.6. The summed E-state index contributed by atoms with van der Waals surface area (Å²) in [6, 6.07) is 7.71. The predicted molar refractivity (Wildman–Crippen MR) is 186 cm³/mol. The number of morpholine rings is 1. The van der Waals surface area contributed by atoms with Gasteiger partial charge >= 0.3 is 12.2 Å². The van der Waals surface area contributed by atoms with Gasteiger partial charge in [0.1, 0.15) is 29.1 Å². The molecule has 2 aliphatic rings. The second-order valence-electron chi connectivity index (χ2n) is 14.2. The maximum absolute atomic E-state index is 15.6. The fraction of sp³-hybridized carbons (Fsp3) is 0.474. The number of methoxy groups -OCH3 is 1. The van der Waals surface area contributed by atoms with Crippen molar-refractivity contribution in [1.29, 1.82) is 0 Å². The molecule has 1 N–H and O–H groups in total. The van der Waals surface area contributed by atoms with Crippen molar-refractivity contribution in [2.24, 2.45) is 0 Å². The average Bonchev–Trinajstić information content (AvgIpc) is 3.07. The van der Waals surface area contributed by atoms with Crippen LogP contribution in [0.15, 0.2) is 54.9 Å². The molecule has 1 spiro atoms. The Morgan fingerprint density at radius 3 is 2.35 bits per heavy atom. The minimum absolute atomic E-state index is 0.0678. The van der Waals surface area contributed by atoms with Crippen LogP contribution in [0.25, 0.3) is 0 Å². The molecule has 3 atom stereocenters. The van der Waals surface area contributed by atoms with Gasteiger partial charge in [-0.3, -0.25) is 9.78 Å². The van der Waals surface area contributed by atoms with E-state index in [0.29, 0.717) is 55.7 Å². The average molecular weight is 746 g/mol. The van der Waals surface area contributed by atoms with Crippen LogP contribution in [0.2, 0.25) is 5.02 Å². The minimum Gasteiger partial charge on any atom is -0.453 e. The molecule has 2 amide bonds. The van der Waals surface area contributed by atoms with E-state index in [9.17, 15) is 23.2 Å². The van der Waals surface area contributed by atoms with Crippen molar-refractivity contribution in [2.45, 2.75) is 82.1 Å². The Kier molecular flexibility index (Phi) is 12.5. The topological polar surface area (TPSA) is 116 Å². The van der Waals surface area contributed by atoms with Crippen LogP contribution in [0, 0.1) is 17.5 Å². The summed E-state index contributed by atoms with van der Waals surface area (Å²) in [6.07, 6.45) is 1.69. The van der Waals surface area contributed by atoms with E-state index in [1.165, 1.54) is 6.20 Å². The van der Waals surface area contributed by atoms with Crippen LogP contribution in [-0.4, -0.2) is 84.6 Å². The third kappa shape index (κ3) is 10.0. The number of alkyl carbamates (subject to hydrolysis) is 1. The van der Waals surface area contributed by atoms with E-state index < -0.39 is 71.1 Å². The molecule has 10 nitrogen and oxygen atoms in total. The number of Topliss-reactive ketones (excluding diaryl/α,β-unsaturated/α-hetero) is 1. The van der Waals surface area contributed by atoms with Gasteiger partial charge in [-0.05, 0) is 80.1 Å². The van der Waals surface area contributed by atoms with E-state index in [1.54, 1.807) is 49.9 Å². The molecule has 0 aliphatic carbocycles. The van der Waals surface area contributed by atoms with Gasteiger partial charge in [0.25, 0.3) is 0 Å². The molecule has 0 saturated carbocycles. The molecule has 1 aromatic heterocycles. The molecular weight excluding hydrogens is 703 g/mol. The van der Waals surface area contributed by atoms with Crippen molar-refractivity contribution >= 4 is 29.6 Å². The summed E-state index contributed by atoms with van der Waals surface area (Å²) < 4.78 is 67.3. The maximum atomic E-state index is 15.6. The fourth-order valence-electron chi connectivity index (χ4n) is 6.80. The number of pyridine rings is 1. The third-order valence-corrected chi connectivity index (χ3v) is 9.41. The highest BCUT2D eigenvalue weighted by Crippen LogP contribution is 2.35. The van der Waals surface area contributed by atoms with Crippen LogP contribution >= 0.6 is 11.6 Å². The van der Waals surface area contributed by atoms with Crippen LogP contribution in [0.4, 0.5) is 22.8 Å². The molecule has 2 aromatic carbocycles. The summed E-state index contributed by atoms with van der Waals surface area (Å²) in [5.41, 5.74) is -0.397. The molecular formula is C38H43ClF3N3O7. The van der Waals surface area contributed by atoms with Crippen molar-refractivity contribution in [2.75, 3.05) is 33.4 Å². The van der Waals surface area contributed by atoms with Crippen LogP contribution in [0.3, 0.4) is 0 Å². The van der Waals surface area contributed by atoms with Gasteiger partial charge in [0.15, 0.2) is 5.78 Å². The van der Waals surface area contributed by atoms with Crippen LogP contribution < -0.4 is 5.32 Å². The van der Waals surface area contributed by atoms with E-state index in [0.717, 1.165) is 25.4 Å². The lowest BCUT2D eigenvalue weighted by atomic mass is 9.81. The molecule has 2 aliphatic heterocycles. The number of nitrogens with one attached hydrogen (secondary N) is 1. The fourth-order valence-corrected chi connectivity index (χ4v) is 6.92. The molecule has 52 heavy (non-hydrogen) atoms. The zero-order chi connectivity index (χ0) is 37.6. The summed E-state index contributed by atoms with van der Waals surface area (Å²) in [6.45, 7) is 6.88. The van der Waals surface area contributed by atoms with Crippen molar-refractivity contribution in [3.05, 3.63) is 99.6 Å². The number of carbonyl (C=O) groups excluding carboxylic acids is 3. The summed E-state index contributed by atoms with van der Waals surface area (Å²) in [4.78, 5) is 45.7. The predicted octanol–water partition coefficient (Wildman–Crippen LogP) is 6.94.